The Morgan fingerprint density at radius 2 is 1.29 bits per heavy atom. The minimum atomic E-state index is -0.385. The zero-order chi connectivity index (χ0) is 21.9. The van der Waals surface area contributed by atoms with Gasteiger partial charge in [-0.3, -0.25) is 4.79 Å². The molecule has 2 N–H and O–H groups in total. The predicted octanol–water partition coefficient (Wildman–Crippen LogP) is 2.69. The Labute approximate surface area is 183 Å². The first-order chi connectivity index (χ1) is 15.1. The van der Waals surface area contributed by atoms with Gasteiger partial charge in [-0.1, -0.05) is 91.0 Å². The van der Waals surface area contributed by atoms with Gasteiger partial charge in [0.15, 0.2) is 13.2 Å². The van der Waals surface area contributed by atoms with Crippen molar-refractivity contribution in [3.63, 3.8) is 0 Å². The van der Waals surface area contributed by atoms with E-state index >= 15 is 0 Å². The molecule has 0 spiro atoms. The molecule has 0 fully saturated rings. The van der Waals surface area contributed by atoms with Gasteiger partial charge < -0.3 is 15.0 Å². The number of ether oxygens (including phenoxy) is 1. The maximum atomic E-state index is 12.5. The van der Waals surface area contributed by atoms with Gasteiger partial charge in [-0.2, -0.15) is 0 Å². The van der Waals surface area contributed by atoms with Crippen molar-refractivity contribution in [3.05, 3.63) is 108 Å². The summed E-state index contributed by atoms with van der Waals surface area (Å²) in [6.07, 6.45) is 0. The van der Waals surface area contributed by atoms with Crippen LogP contribution in [0.4, 0.5) is 0 Å². The predicted molar refractivity (Wildman–Crippen MR) is 120 cm³/mol. The summed E-state index contributed by atoms with van der Waals surface area (Å²) in [5, 5.41) is 2.86. The van der Waals surface area contributed by atoms with E-state index in [0.29, 0.717) is 13.1 Å². The Balaban J connectivity index is 1.52. The second kappa shape index (κ2) is 11.7. The molecule has 0 saturated heterocycles. The number of hydrogen-bond acceptors (Lipinski definition) is 3. The number of rotatable bonds is 10. The molecule has 0 heterocycles. The van der Waals surface area contributed by atoms with Crippen LogP contribution in [0, 0.1) is 0 Å². The van der Waals surface area contributed by atoms with Crippen LogP contribution < -0.4 is 10.2 Å². The lowest BCUT2D eigenvalue weighted by molar-refractivity contribution is -0.920. The molecule has 1 atom stereocenters. The number of amides is 1. The number of quaternary nitrogens is 1. The number of nitrogens with one attached hydrogen (secondary N) is 2. The maximum Gasteiger partial charge on any atom is 0.362 e. The maximum absolute atomic E-state index is 12.5. The molecule has 1 amide bonds. The fraction of sp³-hybridized carbons (Fsp3) is 0.231. The number of benzene rings is 3. The lowest BCUT2D eigenvalue weighted by atomic mass is 10.1. The summed E-state index contributed by atoms with van der Waals surface area (Å²) in [5.74, 6) is -0.693. The fourth-order valence-corrected chi connectivity index (χ4v) is 3.47. The lowest BCUT2D eigenvalue weighted by Gasteiger charge is -2.19. The van der Waals surface area contributed by atoms with Gasteiger partial charge in [0.2, 0.25) is 0 Å². The quantitative estimate of drug-likeness (QED) is 0.499. The van der Waals surface area contributed by atoms with Crippen LogP contribution in [0.15, 0.2) is 91.0 Å². The number of carbonyl (C=O) groups is 2. The summed E-state index contributed by atoms with van der Waals surface area (Å²) in [5.41, 5.74) is 3.30. The van der Waals surface area contributed by atoms with Gasteiger partial charge in [-0.15, -0.1) is 0 Å². The molecule has 0 aliphatic heterocycles. The smallest absolute Gasteiger partial charge is 0.362 e. The standard InChI is InChI=1S/C26H28N2O3/c1-21(24-15-9-4-10-16-24)27-25(29)20-31-26(30)19-28(17-22-11-5-2-6-12-22)18-23-13-7-3-8-14-23/h2-16,21H,17-20H2,1H3,(H,27,29)/p+1/t21-/m0/s1. The summed E-state index contributed by atoms with van der Waals surface area (Å²) < 4.78 is 5.27. The zero-order valence-corrected chi connectivity index (χ0v) is 17.8. The van der Waals surface area contributed by atoms with Crippen molar-refractivity contribution >= 4 is 11.9 Å². The molecule has 3 aromatic carbocycles. The molecule has 160 valence electrons. The van der Waals surface area contributed by atoms with Gasteiger partial charge in [-0.25, -0.2) is 4.79 Å². The third kappa shape index (κ3) is 7.72. The summed E-state index contributed by atoms with van der Waals surface area (Å²) >= 11 is 0. The monoisotopic (exact) mass is 417 g/mol. The van der Waals surface area contributed by atoms with Crippen LogP contribution in [-0.2, 0) is 27.4 Å². The molecule has 31 heavy (non-hydrogen) atoms. The Kier molecular flexibility index (Phi) is 8.38. The van der Waals surface area contributed by atoms with Crippen molar-refractivity contribution < 1.29 is 19.2 Å². The molecule has 3 aromatic rings. The minimum absolute atomic E-state index is 0.148. The van der Waals surface area contributed by atoms with Crippen LogP contribution in [0.25, 0.3) is 0 Å². The van der Waals surface area contributed by atoms with Crippen molar-refractivity contribution in [1.82, 2.24) is 5.32 Å². The first-order valence-electron chi connectivity index (χ1n) is 10.5. The first kappa shape index (κ1) is 22.2. The van der Waals surface area contributed by atoms with Crippen molar-refractivity contribution in [3.8, 4) is 0 Å². The number of esters is 1. The average Bonchev–Trinajstić information content (AvgIpc) is 2.79. The first-order valence-corrected chi connectivity index (χ1v) is 10.5. The average molecular weight is 418 g/mol. The normalized spacial score (nSPS) is 11.7. The zero-order valence-electron chi connectivity index (χ0n) is 17.8. The third-order valence-corrected chi connectivity index (χ3v) is 5.03. The van der Waals surface area contributed by atoms with Crippen LogP contribution in [0.2, 0.25) is 0 Å². The topological polar surface area (TPSA) is 59.8 Å². The highest BCUT2D eigenvalue weighted by atomic mass is 16.5. The molecule has 0 saturated carbocycles. The van der Waals surface area contributed by atoms with Gasteiger partial charge in [-0.05, 0) is 12.5 Å². The summed E-state index contributed by atoms with van der Waals surface area (Å²) in [6, 6.07) is 29.7. The van der Waals surface area contributed by atoms with Gasteiger partial charge in [0.25, 0.3) is 5.91 Å². The van der Waals surface area contributed by atoms with E-state index in [-0.39, 0.29) is 31.1 Å². The molecule has 0 unspecified atom stereocenters. The van der Waals surface area contributed by atoms with Crippen molar-refractivity contribution in [2.45, 2.75) is 26.1 Å². The third-order valence-electron chi connectivity index (χ3n) is 5.03. The summed E-state index contributed by atoms with van der Waals surface area (Å²) in [6.45, 7) is 3.20. The fourth-order valence-electron chi connectivity index (χ4n) is 3.47. The summed E-state index contributed by atoms with van der Waals surface area (Å²) in [4.78, 5) is 25.7. The van der Waals surface area contributed by atoms with E-state index in [9.17, 15) is 9.59 Å². The highest BCUT2D eigenvalue weighted by Crippen LogP contribution is 2.10. The van der Waals surface area contributed by atoms with Crippen LogP contribution in [0.5, 0.6) is 0 Å². The molecule has 0 bridgehead atoms. The van der Waals surface area contributed by atoms with E-state index in [1.165, 1.54) is 0 Å². The highest BCUT2D eigenvalue weighted by molar-refractivity contribution is 5.81. The molecule has 0 aromatic heterocycles. The van der Waals surface area contributed by atoms with Crippen LogP contribution in [0.3, 0.4) is 0 Å². The second-order valence-electron chi connectivity index (χ2n) is 7.61. The second-order valence-corrected chi connectivity index (χ2v) is 7.61. The number of carbonyl (C=O) groups excluding carboxylic acids is 2. The largest absolute Gasteiger partial charge is 0.451 e. The Hall–Kier alpha value is -3.44. The highest BCUT2D eigenvalue weighted by Gasteiger charge is 2.18. The summed E-state index contributed by atoms with van der Waals surface area (Å²) in [7, 11) is 0. The van der Waals surface area contributed by atoms with E-state index in [1.54, 1.807) is 0 Å². The molecule has 0 aliphatic carbocycles. The molecule has 0 aliphatic rings. The van der Waals surface area contributed by atoms with Crippen molar-refractivity contribution in [2.24, 2.45) is 0 Å². The van der Waals surface area contributed by atoms with Gasteiger partial charge in [0.05, 0.1) is 6.04 Å². The minimum Gasteiger partial charge on any atom is -0.451 e. The Bertz CT molecular complexity index is 905. The molecule has 0 radical (unpaired) electrons. The van der Waals surface area contributed by atoms with Gasteiger partial charge in [0.1, 0.15) is 13.1 Å². The van der Waals surface area contributed by atoms with E-state index in [2.05, 4.69) is 29.6 Å². The van der Waals surface area contributed by atoms with Crippen molar-refractivity contribution in [2.75, 3.05) is 13.2 Å². The molecular weight excluding hydrogens is 388 g/mol. The Morgan fingerprint density at radius 1 is 0.806 bits per heavy atom. The lowest BCUT2D eigenvalue weighted by Crippen LogP contribution is -3.10. The SMILES string of the molecule is C[C@H](NC(=O)COC(=O)C[NH+](Cc1ccccc1)Cc1ccccc1)c1ccccc1. The van der Waals surface area contributed by atoms with Crippen LogP contribution >= 0.6 is 0 Å². The van der Waals surface area contributed by atoms with E-state index in [1.807, 2.05) is 73.7 Å². The van der Waals surface area contributed by atoms with Crippen LogP contribution in [0.1, 0.15) is 29.7 Å². The molecule has 3 rings (SSSR count). The van der Waals surface area contributed by atoms with E-state index in [4.69, 9.17) is 4.74 Å². The van der Waals surface area contributed by atoms with E-state index in [0.717, 1.165) is 21.6 Å². The van der Waals surface area contributed by atoms with Gasteiger partial charge >= 0.3 is 5.97 Å². The Morgan fingerprint density at radius 3 is 1.81 bits per heavy atom. The van der Waals surface area contributed by atoms with Crippen LogP contribution in [-0.4, -0.2) is 25.0 Å². The van der Waals surface area contributed by atoms with Gasteiger partial charge in [0, 0.05) is 11.1 Å². The number of hydrogen-bond donors (Lipinski definition) is 2. The molecule has 5 heteroatoms. The van der Waals surface area contributed by atoms with E-state index < -0.39 is 0 Å². The molecule has 5 nitrogen and oxygen atoms in total. The molecular formula is C26H29N2O3+. The van der Waals surface area contributed by atoms with Crippen molar-refractivity contribution in [1.29, 1.82) is 0 Å².